The summed E-state index contributed by atoms with van der Waals surface area (Å²) in [6, 6.07) is 9.63. The lowest BCUT2D eigenvalue weighted by atomic mass is 9.96. The first-order valence-corrected chi connectivity index (χ1v) is 8.17. The Labute approximate surface area is 141 Å². The summed E-state index contributed by atoms with van der Waals surface area (Å²) < 4.78 is 0. The molecule has 24 heavy (non-hydrogen) atoms. The van der Waals surface area contributed by atoms with Gasteiger partial charge in [0.25, 0.3) is 0 Å². The summed E-state index contributed by atoms with van der Waals surface area (Å²) in [6.45, 7) is 1.23. The second-order valence-electron chi connectivity index (χ2n) is 6.31. The first-order chi connectivity index (χ1) is 11.6. The van der Waals surface area contributed by atoms with Crippen LogP contribution in [0.1, 0.15) is 12.8 Å². The number of rotatable bonds is 2. The van der Waals surface area contributed by atoms with Crippen LogP contribution in [-0.2, 0) is 4.79 Å². The molecule has 0 aliphatic carbocycles. The van der Waals surface area contributed by atoms with Crippen molar-refractivity contribution in [1.29, 1.82) is 0 Å². The normalized spacial score (nSPS) is 15.3. The highest BCUT2D eigenvalue weighted by molar-refractivity contribution is 6.01. The molecule has 1 aliphatic heterocycles. The summed E-state index contributed by atoms with van der Waals surface area (Å²) >= 11 is 0. The number of piperidine rings is 1. The van der Waals surface area contributed by atoms with Gasteiger partial charge in [-0.25, -0.2) is 4.79 Å². The number of pyridine rings is 1. The van der Waals surface area contributed by atoms with Crippen molar-refractivity contribution >= 4 is 28.5 Å². The van der Waals surface area contributed by atoms with E-state index in [1.165, 1.54) is 0 Å². The Kier molecular flexibility index (Phi) is 4.64. The van der Waals surface area contributed by atoms with Crippen LogP contribution in [0.3, 0.4) is 0 Å². The van der Waals surface area contributed by atoms with Crippen molar-refractivity contribution in [3.05, 3.63) is 36.5 Å². The second-order valence-corrected chi connectivity index (χ2v) is 6.31. The van der Waals surface area contributed by atoms with E-state index in [2.05, 4.69) is 10.3 Å². The lowest BCUT2D eigenvalue weighted by Crippen LogP contribution is -2.45. The van der Waals surface area contributed by atoms with Crippen molar-refractivity contribution < 1.29 is 9.59 Å². The lowest BCUT2D eigenvalue weighted by molar-refractivity contribution is -0.121. The number of nitrogens with zero attached hydrogens (tertiary/aromatic N) is 3. The Morgan fingerprint density at radius 1 is 1.17 bits per heavy atom. The van der Waals surface area contributed by atoms with Crippen molar-refractivity contribution in [3.63, 3.8) is 0 Å². The summed E-state index contributed by atoms with van der Waals surface area (Å²) in [5.41, 5.74) is 1.54. The maximum Gasteiger partial charge on any atom is 0.319 e. The summed E-state index contributed by atoms with van der Waals surface area (Å²) in [6.07, 6.45) is 3.09. The molecule has 0 atom stereocenters. The molecule has 6 nitrogen and oxygen atoms in total. The first-order valence-electron chi connectivity index (χ1n) is 8.17. The number of fused-ring (bicyclic) bond motifs is 1. The molecule has 1 saturated heterocycles. The van der Waals surface area contributed by atoms with Gasteiger partial charge in [-0.1, -0.05) is 18.2 Å². The average Bonchev–Trinajstić information content (AvgIpc) is 2.61. The zero-order valence-corrected chi connectivity index (χ0v) is 14.0. The van der Waals surface area contributed by atoms with Gasteiger partial charge in [0.1, 0.15) is 0 Å². The highest BCUT2D eigenvalue weighted by Gasteiger charge is 2.28. The van der Waals surface area contributed by atoms with Crippen molar-refractivity contribution in [3.8, 4) is 0 Å². The number of para-hydroxylation sites is 1. The molecule has 0 unspecified atom stereocenters. The van der Waals surface area contributed by atoms with Gasteiger partial charge in [-0.3, -0.25) is 9.78 Å². The minimum absolute atomic E-state index is 0.00473. The van der Waals surface area contributed by atoms with Gasteiger partial charge in [0.15, 0.2) is 0 Å². The molecule has 1 aliphatic rings. The molecule has 1 aromatic carbocycles. The molecule has 2 aromatic rings. The van der Waals surface area contributed by atoms with E-state index in [9.17, 15) is 9.59 Å². The quantitative estimate of drug-likeness (QED) is 0.922. The molecule has 2 heterocycles. The number of urea groups is 1. The number of anilines is 1. The predicted molar refractivity (Wildman–Crippen MR) is 93.8 cm³/mol. The number of carbonyl (C=O) groups is 2. The molecule has 6 heteroatoms. The van der Waals surface area contributed by atoms with E-state index in [0.29, 0.717) is 25.9 Å². The fourth-order valence-electron chi connectivity index (χ4n) is 3.06. The largest absolute Gasteiger partial charge is 0.331 e. The van der Waals surface area contributed by atoms with Crippen molar-refractivity contribution in [2.45, 2.75) is 12.8 Å². The number of hydrogen-bond donors (Lipinski definition) is 1. The third-order valence-corrected chi connectivity index (χ3v) is 4.41. The number of carbonyl (C=O) groups excluding carboxylic acids is 2. The van der Waals surface area contributed by atoms with Gasteiger partial charge >= 0.3 is 6.03 Å². The van der Waals surface area contributed by atoms with Crippen LogP contribution in [0, 0.1) is 5.92 Å². The van der Waals surface area contributed by atoms with E-state index in [0.717, 1.165) is 16.6 Å². The molecule has 0 radical (unpaired) electrons. The lowest BCUT2D eigenvalue weighted by Gasteiger charge is -2.33. The van der Waals surface area contributed by atoms with Gasteiger partial charge in [-0.2, -0.15) is 0 Å². The minimum Gasteiger partial charge on any atom is -0.331 e. The predicted octanol–water partition coefficient (Wildman–Crippen LogP) is 2.57. The smallest absolute Gasteiger partial charge is 0.319 e. The molecule has 0 bridgehead atoms. The molecule has 1 N–H and O–H groups in total. The van der Waals surface area contributed by atoms with Crippen LogP contribution in [-0.4, -0.2) is 53.9 Å². The Morgan fingerprint density at radius 2 is 1.88 bits per heavy atom. The third kappa shape index (κ3) is 3.32. The number of amides is 3. The van der Waals surface area contributed by atoms with Crippen molar-refractivity contribution in [2.75, 3.05) is 32.5 Å². The van der Waals surface area contributed by atoms with Crippen molar-refractivity contribution in [2.24, 2.45) is 5.92 Å². The standard InChI is InChI=1S/C18H22N4O2/c1-21(2)18(24)22-11-8-14(9-12-22)17(23)20-15-7-3-5-13-6-4-10-19-16(13)15/h3-7,10,14H,8-9,11-12H2,1-2H3,(H,20,23). The van der Waals surface area contributed by atoms with E-state index >= 15 is 0 Å². The molecule has 0 spiro atoms. The molecular weight excluding hydrogens is 304 g/mol. The Morgan fingerprint density at radius 3 is 2.58 bits per heavy atom. The molecule has 3 rings (SSSR count). The van der Waals surface area contributed by atoms with Gasteiger partial charge in [-0.15, -0.1) is 0 Å². The Hall–Kier alpha value is -2.63. The summed E-state index contributed by atoms with van der Waals surface area (Å²) in [5, 5.41) is 4.01. The number of benzene rings is 1. The molecule has 0 saturated carbocycles. The number of nitrogens with one attached hydrogen (secondary N) is 1. The second kappa shape index (κ2) is 6.86. The van der Waals surface area contributed by atoms with E-state index < -0.39 is 0 Å². The average molecular weight is 326 g/mol. The summed E-state index contributed by atoms with van der Waals surface area (Å²) in [4.78, 5) is 32.3. The van der Waals surface area contributed by atoms with Crippen LogP contribution in [0.2, 0.25) is 0 Å². The third-order valence-electron chi connectivity index (χ3n) is 4.41. The number of aromatic nitrogens is 1. The number of likely N-dealkylation sites (tertiary alicyclic amines) is 1. The summed E-state index contributed by atoms with van der Waals surface area (Å²) in [7, 11) is 3.49. The molecule has 1 fully saturated rings. The van der Waals surface area contributed by atoms with E-state index in [1.54, 1.807) is 30.1 Å². The van der Waals surface area contributed by atoms with Crippen LogP contribution in [0.15, 0.2) is 36.5 Å². The van der Waals surface area contributed by atoms with E-state index in [1.807, 2.05) is 30.3 Å². The monoisotopic (exact) mass is 326 g/mol. The maximum absolute atomic E-state index is 12.6. The number of hydrogen-bond acceptors (Lipinski definition) is 3. The van der Waals surface area contributed by atoms with Crippen LogP contribution in [0.25, 0.3) is 10.9 Å². The molecule has 1 aromatic heterocycles. The zero-order valence-electron chi connectivity index (χ0n) is 14.0. The molecular formula is C18H22N4O2. The first kappa shape index (κ1) is 16.2. The van der Waals surface area contributed by atoms with E-state index in [-0.39, 0.29) is 17.9 Å². The fourth-order valence-corrected chi connectivity index (χ4v) is 3.06. The highest BCUT2D eigenvalue weighted by Crippen LogP contribution is 2.24. The Balaban J connectivity index is 1.65. The topological polar surface area (TPSA) is 65.5 Å². The van der Waals surface area contributed by atoms with Gasteiger partial charge in [0.05, 0.1) is 11.2 Å². The zero-order chi connectivity index (χ0) is 17.1. The van der Waals surface area contributed by atoms with Crippen LogP contribution >= 0.6 is 0 Å². The SMILES string of the molecule is CN(C)C(=O)N1CCC(C(=O)Nc2cccc3cccnc23)CC1. The molecule has 126 valence electrons. The fraction of sp³-hybridized carbons (Fsp3) is 0.389. The molecule has 3 amide bonds. The van der Waals surface area contributed by atoms with Crippen LogP contribution in [0.4, 0.5) is 10.5 Å². The minimum atomic E-state index is -0.0739. The van der Waals surface area contributed by atoms with Crippen LogP contribution in [0.5, 0.6) is 0 Å². The summed E-state index contributed by atoms with van der Waals surface area (Å²) in [5.74, 6) is -0.0692. The van der Waals surface area contributed by atoms with Gasteiger partial charge in [0, 0.05) is 44.7 Å². The Bertz CT molecular complexity index is 746. The van der Waals surface area contributed by atoms with Crippen LogP contribution < -0.4 is 5.32 Å². The van der Waals surface area contributed by atoms with Gasteiger partial charge < -0.3 is 15.1 Å². The highest BCUT2D eigenvalue weighted by atomic mass is 16.2. The maximum atomic E-state index is 12.6. The van der Waals surface area contributed by atoms with Gasteiger partial charge in [0.2, 0.25) is 5.91 Å². The van der Waals surface area contributed by atoms with E-state index in [4.69, 9.17) is 0 Å². The van der Waals surface area contributed by atoms with Gasteiger partial charge in [-0.05, 0) is 25.0 Å². The van der Waals surface area contributed by atoms with Crippen molar-refractivity contribution in [1.82, 2.24) is 14.8 Å².